The van der Waals surface area contributed by atoms with Crippen LogP contribution in [0.4, 0.5) is 0 Å². The fraction of sp³-hybridized carbons (Fsp3) is 0.389. The van der Waals surface area contributed by atoms with Gasteiger partial charge < -0.3 is 4.74 Å². The van der Waals surface area contributed by atoms with Crippen LogP contribution in [0.2, 0.25) is 0 Å². The minimum Gasteiger partial charge on any atom is -0.465 e. The number of benzene rings is 1. The highest BCUT2D eigenvalue weighted by Gasteiger charge is 2.19. The summed E-state index contributed by atoms with van der Waals surface area (Å²) in [7, 11) is 0. The molecule has 3 rings (SSSR count). The maximum Gasteiger partial charge on any atom is 0.316 e. The zero-order valence-corrected chi connectivity index (χ0v) is 14.1. The van der Waals surface area contributed by atoms with Crippen LogP contribution in [0.15, 0.2) is 35.4 Å². The Morgan fingerprint density at radius 1 is 1.17 bits per heavy atom. The van der Waals surface area contributed by atoms with Gasteiger partial charge in [0, 0.05) is 16.8 Å². The summed E-state index contributed by atoms with van der Waals surface area (Å²) in [5.41, 5.74) is 3.36. The number of aryl methyl sites for hydroxylation is 1. The quantitative estimate of drug-likeness (QED) is 0.476. The average Bonchev–Trinajstić information content (AvgIpc) is 2.60. The van der Waals surface area contributed by atoms with E-state index in [2.05, 4.69) is 0 Å². The van der Waals surface area contributed by atoms with E-state index in [9.17, 15) is 4.79 Å². The Kier molecular flexibility index (Phi) is 5.28. The Hall–Kier alpha value is -1.88. The van der Waals surface area contributed by atoms with E-state index in [0.29, 0.717) is 12.4 Å². The van der Waals surface area contributed by atoms with Crippen molar-refractivity contribution in [2.75, 3.05) is 12.4 Å². The molecule has 0 spiro atoms. The lowest BCUT2D eigenvalue weighted by Gasteiger charge is -2.18. The first-order chi connectivity index (χ1) is 11.3. The number of fused-ring (bicyclic) bond motifs is 1. The molecule has 4 nitrogen and oxygen atoms in total. The molecule has 0 atom stereocenters. The molecule has 0 radical (unpaired) electrons. The summed E-state index contributed by atoms with van der Waals surface area (Å²) in [6, 6.07) is 10.0. The summed E-state index contributed by atoms with van der Waals surface area (Å²) < 4.78 is 5.02. The molecule has 0 amide bonds. The van der Waals surface area contributed by atoms with Crippen LogP contribution in [0.1, 0.15) is 31.0 Å². The van der Waals surface area contributed by atoms with Crippen LogP contribution >= 0.6 is 11.8 Å². The molecule has 2 aromatic rings. The number of aromatic nitrogens is 2. The van der Waals surface area contributed by atoms with E-state index in [1.165, 1.54) is 23.7 Å². The molecule has 0 bridgehead atoms. The zero-order chi connectivity index (χ0) is 16.1. The van der Waals surface area contributed by atoms with Crippen molar-refractivity contribution in [3.63, 3.8) is 0 Å². The number of nitrogens with zero attached hydrogens (tertiary/aromatic N) is 2. The van der Waals surface area contributed by atoms with Crippen LogP contribution < -0.4 is 0 Å². The van der Waals surface area contributed by atoms with Crippen molar-refractivity contribution in [3.8, 4) is 11.4 Å². The van der Waals surface area contributed by atoms with Gasteiger partial charge in [0.15, 0.2) is 5.82 Å². The molecule has 0 saturated carbocycles. The van der Waals surface area contributed by atoms with Crippen LogP contribution in [0, 0.1) is 0 Å². The highest BCUT2D eigenvalue weighted by molar-refractivity contribution is 7.99. The molecule has 5 heteroatoms. The number of carbonyl (C=O) groups excluding carboxylic acids is 1. The summed E-state index contributed by atoms with van der Waals surface area (Å²) >= 11 is 1.47. The standard InChI is InChI=1S/C18H20N2O2S/c1-2-22-16(21)12-23-18-14-10-6-7-11-15(14)19-17(20-18)13-8-4-3-5-9-13/h3-5,8-9H,2,6-7,10-12H2,1H3. The number of rotatable bonds is 5. The fourth-order valence-electron chi connectivity index (χ4n) is 2.73. The van der Waals surface area contributed by atoms with E-state index in [4.69, 9.17) is 14.7 Å². The van der Waals surface area contributed by atoms with E-state index in [1.54, 1.807) is 0 Å². The van der Waals surface area contributed by atoms with Gasteiger partial charge in [-0.15, -0.1) is 0 Å². The van der Waals surface area contributed by atoms with Gasteiger partial charge in [0.2, 0.25) is 0 Å². The van der Waals surface area contributed by atoms with Crippen LogP contribution in [0.5, 0.6) is 0 Å². The maximum atomic E-state index is 11.7. The fourth-order valence-corrected chi connectivity index (χ4v) is 3.61. The van der Waals surface area contributed by atoms with Crippen molar-refractivity contribution in [2.24, 2.45) is 0 Å². The van der Waals surface area contributed by atoms with Gasteiger partial charge in [-0.3, -0.25) is 4.79 Å². The van der Waals surface area contributed by atoms with Crippen molar-refractivity contribution in [1.29, 1.82) is 0 Å². The number of esters is 1. The largest absolute Gasteiger partial charge is 0.465 e. The predicted molar refractivity (Wildman–Crippen MR) is 91.5 cm³/mol. The number of hydrogen-bond acceptors (Lipinski definition) is 5. The normalized spacial score (nSPS) is 13.4. The van der Waals surface area contributed by atoms with E-state index >= 15 is 0 Å². The van der Waals surface area contributed by atoms with Crippen molar-refractivity contribution in [1.82, 2.24) is 9.97 Å². The van der Waals surface area contributed by atoms with Gasteiger partial charge in [0.25, 0.3) is 0 Å². The third kappa shape index (κ3) is 3.91. The molecule has 23 heavy (non-hydrogen) atoms. The summed E-state index contributed by atoms with van der Waals surface area (Å²) in [6.07, 6.45) is 4.31. The van der Waals surface area contributed by atoms with Crippen molar-refractivity contribution < 1.29 is 9.53 Å². The van der Waals surface area contributed by atoms with E-state index in [0.717, 1.165) is 41.4 Å². The molecular formula is C18H20N2O2S. The molecule has 1 aliphatic rings. The summed E-state index contributed by atoms with van der Waals surface area (Å²) in [5.74, 6) is 0.852. The minimum absolute atomic E-state index is 0.193. The Morgan fingerprint density at radius 3 is 2.74 bits per heavy atom. The third-order valence-electron chi connectivity index (χ3n) is 3.81. The summed E-state index contributed by atoms with van der Waals surface area (Å²) in [6.45, 7) is 2.24. The molecule has 0 aliphatic heterocycles. The lowest BCUT2D eigenvalue weighted by atomic mass is 9.97. The molecular weight excluding hydrogens is 308 g/mol. The highest BCUT2D eigenvalue weighted by Crippen LogP contribution is 2.31. The first-order valence-corrected chi connectivity index (χ1v) is 9.00. The van der Waals surface area contributed by atoms with Crippen molar-refractivity contribution >= 4 is 17.7 Å². The monoisotopic (exact) mass is 328 g/mol. The number of carbonyl (C=O) groups is 1. The Balaban J connectivity index is 1.91. The molecule has 1 aliphatic carbocycles. The number of hydrogen-bond donors (Lipinski definition) is 0. The Morgan fingerprint density at radius 2 is 1.96 bits per heavy atom. The average molecular weight is 328 g/mol. The molecule has 120 valence electrons. The molecule has 1 aromatic carbocycles. The highest BCUT2D eigenvalue weighted by atomic mass is 32.2. The minimum atomic E-state index is -0.193. The summed E-state index contributed by atoms with van der Waals surface area (Å²) in [4.78, 5) is 21.2. The molecule has 0 fully saturated rings. The number of ether oxygens (including phenoxy) is 1. The predicted octanol–water partition coefficient (Wildman–Crippen LogP) is 3.68. The topological polar surface area (TPSA) is 52.1 Å². The number of thioether (sulfide) groups is 1. The summed E-state index contributed by atoms with van der Waals surface area (Å²) in [5, 5.41) is 0.932. The molecule has 1 heterocycles. The Labute approximate surface area is 140 Å². The molecule has 1 aromatic heterocycles. The SMILES string of the molecule is CCOC(=O)CSc1nc(-c2ccccc2)nc2c1CCCC2. The lowest BCUT2D eigenvalue weighted by molar-refractivity contribution is -0.139. The van der Waals surface area contributed by atoms with Crippen LogP contribution in [0.25, 0.3) is 11.4 Å². The van der Waals surface area contributed by atoms with Gasteiger partial charge in [0.05, 0.1) is 12.4 Å². The van der Waals surface area contributed by atoms with Crippen LogP contribution in [-0.2, 0) is 22.4 Å². The molecule has 0 unspecified atom stereocenters. The molecule has 0 N–H and O–H groups in total. The second kappa shape index (κ2) is 7.59. The van der Waals surface area contributed by atoms with Crippen molar-refractivity contribution in [2.45, 2.75) is 37.6 Å². The van der Waals surface area contributed by atoms with Gasteiger partial charge >= 0.3 is 5.97 Å². The second-order valence-corrected chi connectivity index (χ2v) is 6.41. The smallest absolute Gasteiger partial charge is 0.316 e. The second-order valence-electron chi connectivity index (χ2n) is 5.44. The van der Waals surface area contributed by atoms with E-state index in [-0.39, 0.29) is 5.97 Å². The van der Waals surface area contributed by atoms with Crippen molar-refractivity contribution in [3.05, 3.63) is 41.6 Å². The lowest BCUT2D eigenvalue weighted by Crippen LogP contribution is -2.12. The zero-order valence-electron chi connectivity index (χ0n) is 13.2. The van der Waals surface area contributed by atoms with Crippen LogP contribution in [-0.4, -0.2) is 28.3 Å². The van der Waals surface area contributed by atoms with Crippen LogP contribution in [0.3, 0.4) is 0 Å². The maximum absolute atomic E-state index is 11.7. The first-order valence-electron chi connectivity index (χ1n) is 8.01. The first kappa shape index (κ1) is 16.0. The van der Waals surface area contributed by atoms with E-state index in [1.807, 2.05) is 37.3 Å². The van der Waals surface area contributed by atoms with Gasteiger partial charge in [0.1, 0.15) is 5.03 Å². The van der Waals surface area contributed by atoms with Gasteiger partial charge in [-0.1, -0.05) is 42.1 Å². The Bertz CT molecular complexity index is 689. The third-order valence-corrected chi connectivity index (χ3v) is 4.80. The van der Waals surface area contributed by atoms with Gasteiger partial charge in [-0.2, -0.15) is 0 Å². The van der Waals surface area contributed by atoms with Gasteiger partial charge in [-0.25, -0.2) is 9.97 Å². The van der Waals surface area contributed by atoms with E-state index < -0.39 is 0 Å². The molecule has 0 saturated heterocycles. The van der Waals surface area contributed by atoms with Gasteiger partial charge in [-0.05, 0) is 32.6 Å².